The Kier molecular flexibility index (Phi) is 5.91. The molecule has 2 atom stereocenters. The predicted molar refractivity (Wildman–Crippen MR) is 149 cm³/mol. The third-order valence-electron chi connectivity index (χ3n) is 7.73. The Balaban J connectivity index is 1.58. The zero-order valence-electron chi connectivity index (χ0n) is 22.1. The SMILES string of the molecule is CC(C)Oc1csc2c1-c1c(ccc(F)c1F)[C@H](N1[C@@H]3COCCN3C(=O)c3c(O)c(=O)ccn31)c1ccccc1-2. The number of aromatic nitrogens is 1. The largest absolute Gasteiger partial charge is 0.502 e. The fraction of sp³-hybridized carbons (Fsp3) is 0.267. The van der Waals surface area contributed by atoms with Gasteiger partial charge >= 0.3 is 0 Å². The molecule has 11 heteroatoms. The van der Waals surface area contributed by atoms with Crippen LogP contribution >= 0.6 is 11.3 Å². The van der Waals surface area contributed by atoms with Crippen LogP contribution in [-0.4, -0.2) is 52.6 Å². The van der Waals surface area contributed by atoms with Crippen molar-refractivity contribution in [2.75, 3.05) is 24.8 Å². The minimum absolute atomic E-state index is 0.0603. The molecule has 1 fully saturated rings. The first-order valence-corrected chi connectivity index (χ1v) is 14.1. The van der Waals surface area contributed by atoms with Gasteiger partial charge in [0.05, 0.1) is 25.4 Å². The highest BCUT2D eigenvalue weighted by molar-refractivity contribution is 7.14. The number of thiophene rings is 1. The zero-order valence-corrected chi connectivity index (χ0v) is 23.0. The lowest BCUT2D eigenvalue weighted by molar-refractivity contribution is -0.0196. The maximum absolute atomic E-state index is 16.1. The van der Waals surface area contributed by atoms with Crippen LogP contribution in [0.15, 0.2) is 58.8 Å². The predicted octanol–water partition coefficient (Wildman–Crippen LogP) is 4.87. The number of halogens is 2. The lowest BCUT2D eigenvalue weighted by atomic mass is 9.91. The number of nitrogens with zero attached hydrogens (tertiary/aromatic N) is 3. The first kappa shape index (κ1) is 25.7. The summed E-state index contributed by atoms with van der Waals surface area (Å²) < 4.78 is 44.5. The molecule has 8 nitrogen and oxygen atoms in total. The lowest BCUT2D eigenvalue weighted by Crippen LogP contribution is -2.66. The van der Waals surface area contributed by atoms with E-state index in [0.29, 0.717) is 16.9 Å². The van der Waals surface area contributed by atoms with E-state index in [0.717, 1.165) is 22.1 Å². The molecule has 2 aliphatic heterocycles. The van der Waals surface area contributed by atoms with Gasteiger partial charge in [-0.1, -0.05) is 30.3 Å². The van der Waals surface area contributed by atoms with Crippen LogP contribution in [0.1, 0.15) is 41.5 Å². The fourth-order valence-electron chi connectivity index (χ4n) is 6.09. The normalized spacial score (nSPS) is 19.2. The van der Waals surface area contributed by atoms with Gasteiger partial charge in [-0.15, -0.1) is 11.3 Å². The third-order valence-corrected chi connectivity index (χ3v) is 8.72. The van der Waals surface area contributed by atoms with Crippen LogP contribution in [0.4, 0.5) is 8.78 Å². The van der Waals surface area contributed by atoms with E-state index in [9.17, 15) is 14.7 Å². The van der Waals surface area contributed by atoms with Crippen molar-refractivity contribution in [3.8, 4) is 33.1 Å². The summed E-state index contributed by atoms with van der Waals surface area (Å²) in [6, 6.07) is 10.6. The number of rotatable bonds is 3. The Morgan fingerprint density at radius 3 is 2.68 bits per heavy atom. The first-order valence-electron chi connectivity index (χ1n) is 13.3. The average molecular weight is 578 g/mol. The molecule has 1 N–H and O–H groups in total. The molecule has 1 amide bonds. The van der Waals surface area contributed by atoms with Crippen LogP contribution < -0.4 is 15.2 Å². The molecule has 0 bridgehead atoms. The molecule has 1 saturated heterocycles. The average Bonchev–Trinajstić information content (AvgIpc) is 3.31. The van der Waals surface area contributed by atoms with Crippen molar-refractivity contribution in [3.05, 3.63) is 92.7 Å². The summed E-state index contributed by atoms with van der Waals surface area (Å²) in [5, 5.41) is 14.4. The Labute approximate surface area is 237 Å². The quantitative estimate of drug-likeness (QED) is 0.374. The van der Waals surface area contributed by atoms with Gasteiger partial charge < -0.3 is 19.5 Å². The van der Waals surface area contributed by atoms with Crippen molar-refractivity contribution in [2.24, 2.45) is 0 Å². The molecule has 2 aromatic heterocycles. The van der Waals surface area contributed by atoms with Gasteiger partial charge in [0.15, 0.2) is 23.1 Å². The molecule has 210 valence electrons. The topological polar surface area (TPSA) is 84.2 Å². The Morgan fingerprint density at radius 2 is 1.88 bits per heavy atom. The number of aromatic hydroxyl groups is 1. The molecule has 2 aromatic carbocycles. The second-order valence-electron chi connectivity index (χ2n) is 10.4. The highest BCUT2D eigenvalue weighted by Crippen LogP contribution is 2.54. The molecular formula is C30H25F2N3O5S. The molecule has 7 rings (SSSR count). The van der Waals surface area contributed by atoms with Crippen LogP contribution in [0.2, 0.25) is 0 Å². The van der Waals surface area contributed by atoms with Crippen molar-refractivity contribution in [3.63, 3.8) is 0 Å². The number of pyridine rings is 1. The lowest BCUT2D eigenvalue weighted by Gasteiger charge is -2.51. The van der Waals surface area contributed by atoms with Gasteiger partial charge in [0, 0.05) is 40.2 Å². The van der Waals surface area contributed by atoms with Gasteiger partial charge in [-0.3, -0.25) is 19.3 Å². The number of hydrogen-bond donors (Lipinski definition) is 1. The van der Waals surface area contributed by atoms with E-state index in [4.69, 9.17) is 9.47 Å². The zero-order chi connectivity index (χ0) is 28.6. The number of carbonyl (C=O) groups excluding carboxylic acids is 1. The molecule has 0 saturated carbocycles. The summed E-state index contributed by atoms with van der Waals surface area (Å²) >= 11 is 1.38. The number of morpholine rings is 1. The summed E-state index contributed by atoms with van der Waals surface area (Å²) in [6.45, 7) is 4.36. The van der Waals surface area contributed by atoms with Gasteiger partial charge in [0.25, 0.3) is 5.91 Å². The number of ether oxygens (including phenoxy) is 2. The summed E-state index contributed by atoms with van der Waals surface area (Å²) in [4.78, 5) is 28.3. The van der Waals surface area contributed by atoms with Gasteiger partial charge in [-0.05, 0) is 36.6 Å². The molecule has 1 aliphatic carbocycles. The van der Waals surface area contributed by atoms with Crippen molar-refractivity contribution in [2.45, 2.75) is 32.2 Å². The Hall–Kier alpha value is -4.22. The summed E-state index contributed by atoms with van der Waals surface area (Å²) in [5.41, 5.74) is 1.62. The molecule has 0 radical (unpaired) electrons. The van der Waals surface area contributed by atoms with Gasteiger partial charge in [0.2, 0.25) is 5.43 Å². The molecule has 4 heterocycles. The first-order chi connectivity index (χ1) is 19.8. The number of benzene rings is 2. The number of carbonyl (C=O) groups is 1. The Bertz CT molecular complexity index is 1780. The van der Waals surface area contributed by atoms with Crippen molar-refractivity contribution in [1.82, 2.24) is 9.58 Å². The van der Waals surface area contributed by atoms with Gasteiger partial charge in [0.1, 0.15) is 11.9 Å². The molecule has 4 aromatic rings. The minimum atomic E-state index is -1.01. The minimum Gasteiger partial charge on any atom is -0.502 e. The molecular weight excluding hydrogens is 552 g/mol. The molecule has 0 spiro atoms. The van der Waals surface area contributed by atoms with Crippen molar-refractivity contribution < 1.29 is 28.2 Å². The monoisotopic (exact) mass is 577 g/mol. The number of hydrogen-bond acceptors (Lipinski definition) is 7. The second-order valence-corrected chi connectivity index (χ2v) is 11.3. The van der Waals surface area contributed by atoms with Crippen molar-refractivity contribution in [1.29, 1.82) is 0 Å². The van der Waals surface area contributed by atoms with E-state index in [-0.39, 0.29) is 37.1 Å². The van der Waals surface area contributed by atoms with Crippen LogP contribution in [-0.2, 0) is 4.74 Å². The van der Waals surface area contributed by atoms with Gasteiger partial charge in [-0.25, -0.2) is 8.78 Å². The van der Waals surface area contributed by atoms with Crippen LogP contribution in [0.25, 0.3) is 21.6 Å². The van der Waals surface area contributed by atoms with E-state index in [1.165, 1.54) is 28.3 Å². The third kappa shape index (κ3) is 3.72. The van der Waals surface area contributed by atoms with Crippen LogP contribution in [0.5, 0.6) is 11.5 Å². The van der Waals surface area contributed by atoms with Crippen LogP contribution in [0, 0.1) is 11.6 Å². The number of fused-ring (bicyclic) bond motifs is 7. The van der Waals surface area contributed by atoms with E-state index in [1.807, 2.05) is 48.5 Å². The van der Waals surface area contributed by atoms with E-state index < -0.39 is 40.9 Å². The van der Waals surface area contributed by atoms with Crippen molar-refractivity contribution >= 4 is 17.2 Å². The Morgan fingerprint density at radius 1 is 1.07 bits per heavy atom. The second kappa shape index (κ2) is 9.42. The summed E-state index contributed by atoms with van der Waals surface area (Å²) in [6.07, 6.45) is 0.542. The smallest absolute Gasteiger partial charge is 0.278 e. The maximum atomic E-state index is 16.1. The maximum Gasteiger partial charge on any atom is 0.278 e. The van der Waals surface area contributed by atoms with E-state index in [2.05, 4.69) is 0 Å². The molecule has 41 heavy (non-hydrogen) atoms. The van der Waals surface area contributed by atoms with Gasteiger partial charge in [-0.2, -0.15) is 0 Å². The molecule has 3 aliphatic rings. The summed E-state index contributed by atoms with van der Waals surface area (Å²) in [7, 11) is 0. The highest BCUT2D eigenvalue weighted by atomic mass is 32.1. The molecule has 0 unspecified atom stereocenters. The van der Waals surface area contributed by atoms with E-state index in [1.54, 1.807) is 11.0 Å². The summed E-state index contributed by atoms with van der Waals surface area (Å²) in [5.74, 6) is -2.75. The standard InChI is InChI=1S/C30H25F2N3O5S/c1-15(2)40-21-14-41-29-17-6-4-3-5-16(17)26(18-7-8-19(31)25(32)23(18)24(21)29)35-22-13-39-12-11-33(22)30(38)27-28(37)20(36)9-10-34(27)35/h3-10,14-15,22,26,37H,11-13H2,1-2H3/t22-,26-/m1/s1. The number of amides is 1. The van der Waals surface area contributed by atoms with Crippen LogP contribution in [0.3, 0.4) is 0 Å². The highest BCUT2D eigenvalue weighted by Gasteiger charge is 2.47. The van der Waals surface area contributed by atoms with E-state index >= 15 is 8.78 Å². The fourth-order valence-corrected chi connectivity index (χ4v) is 7.12.